The number of unbranched alkanes of at least 4 members (excludes halogenated alkanes) is 18. The molecule has 1 rings (SSSR count). The number of hydrogen-bond acceptors (Lipinski definition) is 1. The second kappa shape index (κ2) is 21.2. The molecule has 1 aromatic carbocycles. The summed E-state index contributed by atoms with van der Waals surface area (Å²) in [7, 11) is 0. The van der Waals surface area contributed by atoms with Gasteiger partial charge in [-0.3, -0.25) is 0 Å². The van der Waals surface area contributed by atoms with Crippen molar-refractivity contribution in [2.24, 2.45) is 0 Å². The van der Waals surface area contributed by atoms with E-state index in [2.05, 4.69) is 19.9 Å². The van der Waals surface area contributed by atoms with Crippen LogP contribution in [0.4, 0.5) is 0 Å². The zero-order valence-electron chi connectivity index (χ0n) is 22.1. The van der Waals surface area contributed by atoms with E-state index >= 15 is 0 Å². The highest BCUT2D eigenvalue weighted by Crippen LogP contribution is 2.20. The Morgan fingerprint density at radius 2 is 0.909 bits per heavy atom. The van der Waals surface area contributed by atoms with Crippen molar-refractivity contribution in [1.82, 2.24) is 0 Å². The van der Waals surface area contributed by atoms with Gasteiger partial charge in [0.15, 0.2) is 0 Å². The maximum Gasteiger partial charge on any atom is 0.335 e. The van der Waals surface area contributed by atoms with Gasteiger partial charge in [-0.15, -0.1) is 0 Å². The lowest BCUT2D eigenvalue weighted by molar-refractivity contribution is 0.0696. The van der Waals surface area contributed by atoms with E-state index in [1.807, 2.05) is 6.07 Å². The Balaban J connectivity index is 2.25. The first-order chi connectivity index (χ1) is 16.2. The third kappa shape index (κ3) is 16.0. The van der Waals surface area contributed by atoms with Gasteiger partial charge < -0.3 is 5.11 Å². The Labute approximate surface area is 206 Å². The van der Waals surface area contributed by atoms with Crippen LogP contribution in [0.2, 0.25) is 0 Å². The van der Waals surface area contributed by atoms with E-state index in [1.54, 1.807) is 6.07 Å². The largest absolute Gasteiger partial charge is 0.478 e. The molecule has 1 N–H and O–H groups in total. The lowest BCUT2D eigenvalue weighted by atomic mass is 9.94. The molecule has 0 radical (unpaired) electrons. The number of carboxylic acids is 1. The van der Waals surface area contributed by atoms with E-state index in [1.165, 1.54) is 140 Å². The average molecular weight is 459 g/mol. The average Bonchev–Trinajstić information content (AvgIpc) is 2.82. The summed E-state index contributed by atoms with van der Waals surface area (Å²) in [4.78, 5) is 11.5. The second-order valence-corrected chi connectivity index (χ2v) is 10.2. The van der Waals surface area contributed by atoms with Crippen LogP contribution < -0.4 is 0 Å². The van der Waals surface area contributed by atoms with Gasteiger partial charge in [0, 0.05) is 0 Å². The first kappa shape index (κ1) is 29.7. The Hall–Kier alpha value is -1.31. The Morgan fingerprint density at radius 1 is 0.545 bits per heavy atom. The summed E-state index contributed by atoms with van der Waals surface area (Å²) in [5, 5.41) is 9.41. The highest BCUT2D eigenvalue weighted by molar-refractivity contribution is 5.87. The van der Waals surface area contributed by atoms with Crippen LogP contribution in [0.1, 0.15) is 164 Å². The molecule has 0 bridgehead atoms. The van der Waals surface area contributed by atoms with Gasteiger partial charge in [-0.05, 0) is 48.9 Å². The van der Waals surface area contributed by atoms with Crippen LogP contribution in [-0.2, 0) is 12.8 Å². The van der Waals surface area contributed by atoms with E-state index in [0.717, 1.165) is 12.8 Å². The molecule has 0 fully saturated rings. The molecule has 0 heterocycles. The van der Waals surface area contributed by atoms with Crippen LogP contribution in [0.25, 0.3) is 0 Å². The zero-order valence-corrected chi connectivity index (χ0v) is 22.1. The van der Waals surface area contributed by atoms with Gasteiger partial charge in [0.25, 0.3) is 0 Å². The topological polar surface area (TPSA) is 37.3 Å². The molecule has 0 spiro atoms. The molecular weight excluding hydrogens is 404 g/mol. The minimum Gasteiger partial charge on any atom is -0.478 e. The van der Waals surface area contributed by atoms with E-state index in [0.29, 0.717) is 5.56 Å². The minimum atomic E-state index is -0.801. The highest BCUT2D eigenvalue weighted by atomic mass is 16.4. The minimum absolute atomic E-state index is 0.448. The number of aryl methyl sites for hydroxylation is 2. The highest BCUT2D eigenvalue weighted by Gasteiger charge is 2.09. The van der Waals surface area contributed by atoms with Crippen molar-refractivity contribution in [3.63, 3.8) is 0 Å². The van der Waals surface area contributed by atoms with Crippen molar-refractivity contribution in [3.05, 3.63) is 34.9 Å². The van der Waals surface area contributed by atoms with Crippen LogP contribution in [0.15, 0.2) is 18.2 Å². The van der Waals surface area contributed by atoms with Crippen LogP contribution in [-0.4, -0.2) is 11.1 Å². The van der Waals surface area contributed by atoms with Gasteiger partial charge in [-0.25, -0.2) is 4.79 Å². The van der Waals surface area contributed by atoms with Gasteiger partial charge in [0.2, 0.25) is 0 Å². The van der Waals surface area contributed by atoms with Gasteiger partial charge in [-0.2, -0.15) is 0 Å². The molecule has 1 aromatic rings. The molecular formula is C31H54O2. The molecule has 0 aliphatic carbocycles. The first-order valence-electron chi connectivity index (χ1n) is 14.5. The molecule has 0 unspecified atom stereocenters. The molecule has 0 saturated heterocycles. The number of rotatable bonds is 23. The van der Waals surface area contributed by atoms with Crippen LogP contribution in [0.5, 0.6) is 0 Å². The van der Waals surface area contributed by atoms with Gasteiger partial charge in [-0.1, -0.05) is 135 Å². The van der Waals surface area contributed by atoms with Crippen molar-refractivity contribution in [2.45, 2.75) is 155 Å². The first-order valence-corrected chi connectivity index (χ1v) is 14.5. The number of carboxylic acid groups (broad SMARTS) is 1. The van der Waals surface area contributed by atoms with E-state index < -0.39 is 5.97 Å². The predicted octanol–water partition coefficient (Wildman–Crippen LogP) is 10.3. The fourth-order valence-electron chi connectivity index (χ4n) is 4.84. The summed E-state index contributed by atoms with van der Waals surface area (Å²) in [5.41, 5.74) is 3.12. The lowest BCUT2D eigenvalue weighted by Gasteiger charge is -2.11. The molecule has 0 amide bonds. The Bertz CT molecular complexity index is 593. The summed E-state index contributed by atoms with van der Waals surface area (Å²) in [5.74, 6) is -0.801. The quantitative estimate of drug-likeness (QED) is 0.166. The molecule has 33 heavy (non-hydrogen) atoms. The van der Waals surface area contributed by atoms with Crippen molar-refractivity contribution >= 4 is 5.97 Å². The Morgan fingerprint density at radius 3 is 1.30 bits per heavy atom. The normalized spacial score (nSPS) is 11.2. The van der Waals surface area contributed by atoms with Crippen molar-refractivity contribution < 1.29 is 9.90 Å². The van der Waals surface area contributed by atoms with Crippen molar-refractivity contribution in [1.29, 1.82) is 0 Å². The van der Waals surface area contributed by atoms with Gasteiger partial charge >= 0.3 is 5.97 Å². The smallest absolute Gasteiger partial charge is 0.335 e. The van der Waals surface area contributed by atoms with Gasteiger partial charge in [0.1, 0.15) is 0 Å². The van der Waals surface area contributed by atoms with Crippen LogP contribution in [0.3, 0.4) is 0 Å². The molecule has 0 aliphatic heterocycles. The van der Waals surface area contributed by atoms with Crippen LogP contribution >= 0.6 is 0 Å². The van der Waals surface area contributed by atoms with Crippen molar-refractivity contribution in [2.75, 3.05) is 0 Å². The summed E-state index contributed by atoms with van der Waals surface area (Å²) < 4.78 is 0. The molecule has 2 heteroatoms. The number of carbonyl (C=O) groups is 1. The van der Waals surface area contributed by atoms with E-state index in [-0.39, 0.29) is 0 Å². The number of benzene rings is 1. The van der Waals surface area contributed by atoms with E-state index in [9.17, 15) is 9.90 Å². The predicted molar refractivity (Wildman–Crippen MR) is 144 cm³/mol. The maximum absolute atomic E-state index is 11.5. The summed E-state index contributed by atoms with van der Waals surface area (Å²) in [6.45, 7) is 4.55. The maximum atomic E-state index is 11.5. The summed E-state index contributed by atoms with van der Waals surface area (Å²) in [6, 6.07) is 5.83. The number of hydrogen-bond donors (Lipinski definition) is 1. The fourth-order valence-corrected chi connectivity index (χ4v) is 4.84. The summed E-state index contributed by atoms with van der Waals surface area (Å²) in [6.07, 6.45) is 29.1. The standard InChI is InChI=1S/C31H54O2/c1-3-5-7-9-11-13-15-17-19-21-23-28-25-26-30(31(32)33)27-29(28)24-22-20-18-16-14-12-10-8-6-4-2/h25-27H,3-24H2,1-2H3,(H,32,33). The molecule has 190 valence electrons. The molecule has 0 aromatic heterocycles. The monoisotopic (exact) mass is 458 g/mol. The molecule has 0 aliphatic rings. The Kier molecular flexibility index (Phi) is 19.1. The van der Waals surface area contributed by atoms with Gasteiger partial charge in [0.05, 0.1) is 5.56 Å². The zero-order chi connectivity index (χ0) is 24.0. The molecule has 2 nitrogen and oxygen atoms in total. The van der Waals surface area contributed by atoms with Crippen molar-refractivity contribution in [3.8, 4) is 0 Å². The fraction of sp³-hybridized carbons (Fsp3) is 0.774. The van der Waals surface area contributed by atoms with E-state index in [4.69, 9.17) is 0 Å². The third-order valence-corrected chi connectivity index (χ3v) is 7.05. The lowest BCUT2D eigenvalue weighted by Crippen LogP contribution is -2.02. The van der Waals surface area contributed by atoms with Crippen LogP contribution in [0, 0.1) is 0 Å². The summed E-state index contributed by atoms with van der Waals surface area (Å²) >= 11 is 0. The third-order valence-electron chi connectivity index (χ3n) is 7.05. The molecule has 0 saturated carbocycles. The molecule has 0 atom stereocenters. The SMILES string of the molecule is CCCCCCCCCCCCc1ccc(C(=O)O)cc1CCCCCCCCCCCC. The second-order valence-electron chi connectivity index (χ2n) is 10.2. The number of aromatic carboxylic acids is 1.